The van der Waals surface area contributed by atoms with Crippen molar-refractivity contribution >= 4 is 6.09 Å². The molecule has 0 radical (unpaired) electrons. The molecular weight excluding hydrogens is 292 g/mol. The van der Waals surface area contributed by atoms with Gasteiger partial charge in [0, 0.05) is 31.7 Å². The summed E-state index contributed by atoms with van der Waals surface area (Å²) in [5.41, 5.74) is 0.666. The summed E-state index contributed by atoms with van der Waals surface area (Å²) in [4.78, 5) is 13.5. The van der Waals surface area contributed by atoms with Crippen molar-refractivity contribution < 1.29 is 14.3 Å². The van der Waals surface area contributed by atoms with Gasteiger partial charge < -0.3 is 19.7 Å². The lowest BCUT2D eigenvalue weighted by Gasteiger charge is -2.26. The molecule has 0 saturated heterocycles. The number of carbonyl (C=O) groups is 1. The van der Waals surface area contributed by atoms with Crippen LogP contribution in [0.4, 0.5) is 4.79 Å². The first kappa shape index (κ1) is 19.3. The van der Waals surface area contributed by atoms with Crippen molar-refractivity contribution in [3.8, 4) is 5.75 Å². The zero-order valence-electron chi connectivity index (χ0n) is 15.2. The van der Waals surface area contributed by atoms with E-state index in [1.54, 1.807) is 19.1 Å². The Morgan fingerprint density at radius 3 is 2.52 bits per heavy atom. The molecule has 0 aliphatic carbocycles. The Bertz CT molecular complexity index is 497. The van der Waals surface area contributed by atoms with E-state index < -0.39 is 5.60 Å². The summed E-state index contributed by atoms with van der Waals surface area (Å²) in [5, 5.41) is 3.48. The molecule has 5 nitrogen and oxygen atoms in total. The van der Waals surface area contributed by atoms with Crippen molar-refractivity contribution in [2.45, 2.75) is 45.8 Å². The van der Waals surface area contributed by atoms with Gasteiger partial charge in [-0.3, -0.25) is 0 Å². The number of nitrogens with one attached hydrogen (secondary N) is 1. The number of nitrogens with zero attached hydrogens (tertiary/aromatic N) is 1. The van der Waals surface area contributed by atoms with Gasteiger partial charge in [-0.1, -0.05) is 25.1 Å². The number of amides is 1. The lowest BCUT2D eigenvalue weighted by Crippen LogP contribution is -2.38. The predicted molar refractivity (Wildman–Crippen MR) is 92.9 cm³/mol. The topological polar surface area (TPSA) is 50.8 Å². The molecule has 1 N–H and O–H groups in total. The Labute approximate surface area is 140 Å². The van der Waals surface area contributed by atoms with E-state index in [1.165, 1.54) is 0 Å². The van der Waals surface area contributed by atoms with Crippen LogP contribution in [0.25, 0.3) is 0 Å². The largest absolute Gasteiger partial charge is 0.496 e. The third-order valence-electron chi connectivity index (χ3n) is 3.47. The monoisotopic (exact) mass is 322 g/mol. The molecule has 1 aromatic rings. The molecule has 0 heterocycles. The van der Waals surface area contributed by atoms with Gasteiger partial charge in [0.25, 0.3) is 0 Å². The van der Waals surface area contributed by atoms with E-state index in [1.807, 2.05) is 39.0 Å². The van der Waals surface area contributed by atoms with E-state index in [0.717, 1.165) is 17.7 Å². The van der Waals surface area contributed by atoms with Gasteiger partial charge in [-0.25, -0.2) is 4.79 Å². The molecule has 0 aliphatic heterocycles. The maximum Gasteiger partial charge on any atom is 0.410 e. The maximum atomic E-state index is 11.9. The van der Waals surface area contributed by atoms with Crippen LogP contribution in [0, 0.1) is 0 Å². The molecule has 1 unspecified atom stereocenters. The number of benzene rings is 1. The molecule has 0 spiro atoms. The van der Waals surface area contributed by atoms with Crippen molar-refractivity contribution in [3.63, 3.8) is 0 Å². The number of para-hydroxylation sites is 1. The smallest absolute Gasteiger partial charge is 0.410 e. The Hall–Kier alpha value is -1.75. The summed E-state index contributed by atoms with van der Waals surface area (Å²) < 4.78 is 10.8. The average molecular weight is 322 g/mol. The molecule has 0 bridgehead atoms. The molecule has 130 valence electrons. The zero-order valence-corrected chi connectivity index (χ0v) is 15.2. The van der Waals surface area contributed by atoms with Crippen LogP contribution in [0.1, 0.15) is 45.7 Å². The number of methoxy groups -OCH3 is 1. The number of rotatable bonds is 7. The first-order chi connectivity index (χ1) is 10.8. The van der Waals surface area contributed by atoms with Gasteiger partial charge in [0.2, 0.25) is 0 Å². The Morgan fingerprint density at radius 2 is 1.96 bits per heavy atom. The van der Waals surface area contributed by atoms with Crippen LogP contribution >= 0.6 is 0 Å². The second kappa shape index (κ2) is 8.77. The first-order valence-corrected chi connectivity index (χ1v) is 8.09. The van der Waals surface area contributed by atoms with Gasteiger partial charge >= 0.3 is 6.09 Å². The lowest BCUT2D eigenvalue weighted by molar-refractivity contribution is 0.0299. The van der Waals surface area contributed by atoms with Crippen molar-refractivity contribution in [1.29, 1.82) is 0 Å². The average Bonchev–Trinajstić information content (AvgIpc) is 2.49. The predicted octanol–water partition coefficient (Wildman–Crippen LogP) is 3.60. The molecule has 1 aromatic carbocycles. The number of carbonyl (C=O) groups excluding carboxylic acids is 1. The van der Waals surface area contributed by atoms with Crippen LogP contribution in [-0.2, 0) is 4.74 Å². The normalized spacial score (nSPS) is 12.6. The minimum absolute atomic E-state index is 0.193. The standard InChI is InChI=1S/C18H30N2O3/c1-7-15(14-10-8-9-11-16(14)22-6)19-12-13-20(5)17(21)23-18(2,3)4/h8-11,15,19H,7,12-13H2,1-6H3. The highest BCUT2D eigenvalue weighted by molar-refractivity contribution is 5.67. The van der Waals surface area contributed by atoms with Crippen LogP contribution in [0.3, 0.4) is 0 Å². The summed E-state index contributed by atoms with van der Waals surface area (Å²) in [6.07, 6.45) is 0.640. The van der Waals surface area contributed by atoms with Gasteiger partial charge in [-0.15, -0.1) is 0 Å². The van der Waals surface area contributed by atoms with Gasteiger partial charge in [-0.2, -0.15) is 0 Å². The molecule has 5 heteroatoms. The summed E-state index contributed by atoms with van der Waals surface area (Å²) in [6.45, 7) is 9.00. The second-order valence-corrected chi connectivity index (χ2v) is 6.56. The highest BCUT2D eigenvalue weighted by atomic mass is 16.6. The van der Waals surface area contributed by atoms with E-state index >= 15 is 0 Å². The SMILES string of the molecule is CCC(NCCN(C)C(=O)OC(C)(C)C)c1ccccc1OC. The Morgan fingerprint density at radius 1 is 1.30 bits per heavy atom. The van der Waals surface area contributed by atoms with Crippen molar-refractivity contribution in [2.75, 3.05) is 27.2 Å². The van der Waals surface area contributed by atoms with Gasteiger partial charge in [0.05, 0.1) is 7.11 Å². The van der Waals surface area contributed by atoms with E-state index in [-0.39, 0.29) is 12.1 Å². The van der Waals surface area contributed by atoms with E-state index in [4.69, 9.17) is 9.47 Å². The molecule has 0 fully saturated rings. The molecule has 0 aliphatic rings. The highest BCUT2D eigenvalue weighted by Crippen LogP contribution is 2.26. The number of ether oxygens (including phenoxy) is 2. The molecular formula is C18H30N2O3. The summed E-state index contributed by atoms with van der Waals surface area (Å²) in [7, 11) is 3.43. The Kier molecular flexibility index (Phi) is 7.36. The molecule has 1 amide bonds. The fourth-order valence-electron chi connectivity index (χ4n) is 2.27. The van der Waals surface area contributed by atoms with Crippen molar-refractivity contribution in [2.24, 2.45) is 0 Å². The molecule has 23 heavy (non-hydrogen) atoms. The minimum Gasteiger partial charge on any atom is -0.496 e. The van der Waals surface area contributed by atoms with Crippen LogP contribution in [0.2, 0.25) is 0 Å². The molecule has 1 rings (SSSR count). The van der Waals surface area contributed by atoms with E-state index in [0.29, 0.717) is 13.1 Å². The van der Waals surface area contributed by atoms with Crippen LogP contribution in [0.5, 0.6) is 5.75 Å². The van der Waals surface area contributed by atoms with Gasteiger partial charge in [0.15, 0.2) is 0 Å². The fraction of sp³-hybridized carbons (Fsp3) is 0.611. The molecule has 1 atom stereocenters. The number of hydrogen-bond donors (Lipinski definition) is 1. The molecule has 0 aromatic heterocycles. The van der Waals surface area contributed by atoms with E-state index in [9.17, 15) is 4.79 Å². The maximum absolute atomic E-state index is 11.9. The minimum atomic E-state index is -0.470. The Balaban J connectivity index is 2.54. The molecule has 0 saturated carbocycles. The first-order valence-electron chi connectivity index (χ1n) is 8.09. The second-order valence-electron chi connectivity index (χ2n) is 6.56. The third-order valence-corrected chi connectivity index (χ3v) is 3.47. The highest BCUT2D eigenvalue weighted by Gasteiger charge is 2.20. The zero-order chi connectivity index (χ0) is 17.5. The van der Waals surface area contributed by atoms with Crippen molar-refractivity contribution in [1.82, 2.24) is 10.2 Å². The summed E-state index contributed by atoms with van der Waals surface area (Å²) >= 11 is 0. The van der Waals surface area contributed by atoms with Crippen LogP contribution in [0.15, 0.2) is 24.3 Å². The summed E-state index contributed by atoms with van der Waals surface area (Å²) in [5.74, 6) is 0.882. The fourth-order valence-corrected chi connectivity index (χ4v) is 2.27. The van der Waals surface area contributed by atoms with Gasteiger partial charge in [-0.05, 0) is 33.3 Å². The lowest BCUT2D eigenvalue weighted by atomic mass is 10.0. The quantitative estimate of drug-likeness (QED) is 0.833. The van der Waals surface area contributed by atoms with Crippen molar-refractivity contribution in [3.05, 3.63) is 29.8 Å². The van der Waals surface area contributed by atoms with E-state index in [2.05, 4.69) is 18.3 Å². The number of hydrogen-bond acceptors (Lipinski definition) is 4. The third kappa shape index (κ3) is 6.48. The van der Waals surface area contributed by atoms with Crippen LogP contribution < -0.4 is 10.1 Å². The number of likely N-dealkylation sites (N-methyl/N-ethyl adjacent to an activating group) is 1. The summed E-state index contributed by atoms with van der Waals surface area (Å²) in [6, 6.07) is 8.20. The van der Waals surface area contributed by atoms with Gasteiger partial charge in [0.1, 0.15) is 11.4 Å². The van der Waals surface area contributed by atoms with Crippen LogP contribution in [-0.4, -0.2) is 43.8 Å².